The Kier molecular flexibility index (Phi) is 5.48. The van der Waals surface area contributed by atoms with E-state index >= 15 is 0 Å². The highest BCUT2D eigenvalue weighted by molar-refractivity contribution is 7.99. The van der Waals surface area contributed by atoms with Crippen molar-refractivity contribution in [3.8, 4) is 0 Å². The summed E-state index contributed by atoms with van der Waals surface area (Å²) in [5, 5.41) is 12.3. The summed E-state index contributed by atoms with van der Waals surface area (Å²) in [6, 6.07) is 6.62. The molecule has 0 bridgehead atoms. The molecule has 0 amide bonds. The number of hydrogen-bond acceptors (Lipinski definition) is 5. The summed E-state index contributed by atoms with van der Waals surface area (Å²) in [7, 11) is 0. The molecule has 1 unspecified atom stereocenters. The molecule has 6 heteroatoms. The van der Waals surface area contributed by atoms with E-state index in [1.807, 2.05) is 17.8 Å². The van der Waals surface area contributed by atoms with E-state index in [1.165, 1.54) is 0 Å². The van der Waals surface area contributed by atoms with Crippen LogP contribution < -0.4 is 10.6 Å². The summed E-state index contributed by atoms with van der Waals surface area (Å²) < 4.78 is 0. The summed E-state index contributed by atoms with van der Waals surface area (Å²) >= 11 is 3.70. The van der Waals surface area contributed by atoms with Crippen LogP contribution >= 0.6 is 23.5 Å². The average Bonchev–Trinajstić information content (AvgIpc) is 2.47. The summed E-state index contributed by atoms with van der Waals surface area (Å²) in [4.78, 5) is 3.44. The van der Waals surface area contributed by atoms with Crippen LogP contribution in [-0.4, -0.2) is 40.9 Å². The van der Waals surface area contributed by atoms with E-state index in [0.717, 1.165) is 39.9 Å². The molecule has 1 aromatic carbocycles. The van der Waals surface area contributed by atoms with Crippen molar-refractivity contribution in [2.75, 3.05) is 28.7 Å². The number of anilines is 1. The van der Waals surface area contributed by atoms with Crippen LogP contribution in [0.15, 0.2) is 28.3 Å². The van der Waals surface area contributed by atoms with E-state index in [0.29, 0.717) is 6.04 Å². The van der Waals surface area contributed by atoms with Gasteiger partial charge in [-0.2, -0.15) is 11.8 Å². The zero-order valence-electron chi connectivity index (χ0n) is 11.9. The zero-order chi connectivity index (χ0) is 14.5. The first-order valence-electron chi connectivity index (χ1n) is 6.77. The molecule has 1 aromatic rings. The minimum Gasteiger partial charge on any atom is -0.409 e. The molecule has 110 valence electrons. The van der Waals surface area contributed by atoms with Gasteiger partial charge in [0.15, 0.2) is 5.84 Å². The van der Waals surface area contributed by atoms with Gasteiger partial charge in [0.05, 0.1) is 5.56 Å². The van der Waals surface area contributed by atoms with E-state index in [2.05, 4.69) is 36.0 Å². The highest BCUT2D eigenvalue weighted by atomic mass is 32.2. The monoisotopic (exact) mass is 311 g/mol. The molecule has 0 aliphatic carbocycles. The first kappa shape index (κ1) is 15.4. The Bertz CT molecular complexity index is 493. The molecule has 1 aliphatic heterocycles. The second-order valence-electron chi connectivity index (χ2n) is 4.69. The highest BCUT2D eigenvalue weighted by Gasteiger charge is 2.24. The summed E-state index contributed by atoms with van der Waals surface area (Å²) in [6.45, 7) is 5.33. The van der Waals surface area contributed by atoms with Crippen LogP contribution in [-0.2, 0) is 0 Å². The second kappa shape index (κ2) is 7.13. The van der Waals surface area contributed by atoms with Crippen molar-refractivity contribution in [2.24, 2.45) is 10.9 Å². The average molecular weight is 311 g/mol. The minimum absolute atomic E-state index is 0.196. The van der Waals surface area contributed by atoms with Gasteiger partial charge in [-0.3, -0.25) is 0 Å². The van der Waals surface area contributed by atoms with E-state index in [4.69, 9.17) is 10.9 Å². The summed E-state index contributed by atoms with van der Waals surface area (Å²) in [5.41, 5.74) is 7.87. The lowest BCUT2D eigenvalue weighted by Crippen LogP contribution is -2.41. The number of amidine groups is 1. The Labute approximate surface area is 128 Å². The Morgan fingerprint density at radius 2 is 2.40 bits per heavy atom. The molecule has 3 N–H and O–H groups in total. The van der Waals surface area contributed by atoms with Gasteiger partial charge in [0.25, 0.3) is 0 Å². The van der Waals surface area contributed by atoms with Gasteiger partial charge in [0.1, 0.15) is 0 Å². The predicted molar refractivity (Wildman–Crippen MR) is 89.5 cm³/mol. The van der Waals surface area contributed by atoms with Crippen molar-refractivity contribution >= 4 is 35.0 Å². The Balaban J connectivity index is 2.48. The summed E-state index contributed by atoms with van der Waals surface area (Å²) in [6.07, 6.45) is 0. The van der Waals surface area contributed by atoms with Crippen LogP contribution in [0.5, 0.6) is 0 Å². The van der Waals surface area contributed by atoms with Crippen molar-refractivity contribution in [1.82, 2.24) is 0 Å². The number of nitrogens with zero attached hydrogens (tertiary/aromatic N) is 2. The number of hydrogen-bond donors (Lipinski definition) is 2. The largest absolute Gasteiger partial charge is 0.409 e. The fraction of sp³-hybridized carbons (Fsp3) is 0.500. The van der Waals surface area contributed by atoms with Gasteiger partial charge in [0, 0.05) is 34.7 Å². The molecule has 2 rings (SSSR count). The zero-order valence-corrected chi connectivity index (χ0v) is 13.5. The number of oxime groups is 1. The second-order valence-corrected chi connectivity index (χ2v) is 7.14. The molecule has 0 spiro atoms. The maximum atomic E-state index is 9.10. The normalized spacial score (nSPS) is 20.2. The molecule has 0 radical (unpaired) electrons. The highest BCUT2D eigenvalue weighted by Crippen LogP contribution is 2.33. The maximum Gasteiger partial charge on any atom is 0.173 e. The Morgan fingerprint density at radius 3 is 3.05 bits per heavy atom. The number of thioether (sulfide) groups is 2. The molecular formula is C14H21N3OS2. The summed E-state index contributed by atoms with van der Waals surface area (Å²) in [5.74, 6) is 3.38. The van der Waals surface area contributed by atoms with Gasteiger partial charge in [-0.25, -0.2) is 0 Å². The molecule has 1 aliphatic rings. The van der Waals surface area contributed by atoms with E-state index < -0.39 is 0 Å². The van der Waals surface area contributed by atoms with Crippen LogP contribution in [0.3, 0.4) is 0 Å². The third-order valence-electron chi connectivity index (χ3n) is 3.35. The van der Waals surface area contributed by atoms with Crippen molar-refractivity contribution in [3.63, 3.8) is 0 Å². The lowest BCUT2D eigenvalue weighted by Gasteiger charge is -2.36. The maximum absolute atomic E-state index is 9.10. The number of nitrogens with two attached hydrogens (primary N) is 1. The Morgan fingerprint density at radius 1 is 1.60 bits per heavy atom. The standard InChI is InChI=1S/C14H21N3OS2/c1-3-20-12-6-4-5-11(13(12)14(15)16-18)17-7-8-19-9-10(17)2/h4-6,10,18H,3,7-9H2,1-2H3,(H2,15,16). The Hall–Kier alpha value is -1.01. The molecule has 20 heavy (non-hydrogen) atoms. The van der Waals surface area contributed by atoms with Crippen molar-refractivity contribution in [3.05, 3.63) is 23.8 Å². The smallest absolute Gasteiger partial charge is 0.173 e. The molecule has 4 nitrogen and oxygen atoms in total. The molecule has 0 saturated carbocycles. The van der Waals surface area contributed by atoms with E-state index in [1.54, 1.807) is 11.8 Å². The van der Waals surface area contributed by atoms with Crippen LogP contribution in [0, 0.1) is 0 Å². The van der Waals surface area contributed by atoms with Crippen molar-refractivity contribution in [2.45, 2.75) is 24.8 Å². The lowest BCUT2D eigenvalue weighted by atomic mass is 10.1. The molecule has 0 aromatic heterocycles. The molecule has 1 atom stereocenters. The fourth-order valence-electron chi connectivity index (χ4n) is 2.43. The quantitative estimate of drug-likeness (QED) is 0.294. The van der Waals surface area contributed by atoms with E-state index in [-0.39, 0.29) is 5.84 Å². The number of benzene rings is 1. The van der Waals surface area contributed by atoms with Crippen LogP contribution in [0.2, 0.25) is 0 Å². The van der Waals surface area contributed by atoms with Crippen molar-refractivity contribution in [1.29, 1.82) is 0 Å². The van der Waals surface area contributed by atoms with Gasteiger partial charge >= 0.3 is 0 Å². The lowest BCUT2D eigenvalue weighted by molar-refractivity contribution is 0.318. The molecule has 1 fully saturated rings. The predicted octanol–water partition coefficient (Wildman–Crippen LogP) is 2.83. The van der Waals surface area contributed by atoms with Crippen LogP contribution in [0.1, 0.15) is 19.4 Å². The van der Waals surface area contributed by atoms with Gasteiger partial charge in [-0.05, 0) is 24.8 Å². The third-order valence-corrected chi connectivity index (χ3v) is 5.47. The topological polar surface area (TPSA) is 61.8 Å². The SMILES string of the molecule is CCSc1cccc(N2CCSCC2C)c1/C(N)=N/O. The van der Waals surface area contributed by atoms with Crippen LogP contribution in [0.4, 0.5) is 5.69 Å². The fourth-order valence-corrected chi connectivity index (χ4v) is 4.28. The van der Waals surface area contributed by atoms with Gasteiger partial charge in [-0.1, -0.05) is 18.1 Å². The van der Waals surface area contributed by atoms with Gasteiger partial charge in [-0.15, -0.1) is 11.8 Å². The third kappa shape index (κ3) is 3.17. The van der Waals surface area contributed by atoms with Crippen LogP contribution in [0.25, 0.3) is 0 Å². The first-order chi connectivity index (χ1) is 9.69. The minimum atomic E-state index is 0.196. The van der Waals surface area contributed by atoms with Gasteiger partial charge < -0.3 is 15.8 Å². The first-order valence-corrected chi connectivity index (χ1v) is 8.91. The molecule has 1 saturated heterocycles. The molecule has 1 heterocycles. The van der Waals surface area contributed by atoms with Crippen molar-refractivity contribution < 1.29 is 5.21 Å². The molecular weight excluding hydrogens is 290 g/mol. The van der Waals surface area contributed by atoms with Gasteiger partial charge in [0.2, 0.25) is 0 Å². The number of rotatable bonds is 4. The van der Waals surface area contributed by atoms with E-state index in [9.17, 15) is 0 Å².